The lowest BCUT2D eigenvalue weighted by Crippen LogP contribution is -2.31. The Kier molecular flexibility index (Phi) is 4.46. The number of ether oxygens (including phenoxy) is 1. The zero-order valence-electron chi connectivity index (χ0n) is 15.6. The first-order valence-corrected chi connectivity index (χ1v) is 9.01. The van der Waals surface area contributed by atoms with Crippen molar-refractivity contribution in [3.05, 3.63) is 68.5 Å². The Balaban J connectivity index is 1.65. The number of carbonyl (C=O) groups is 1. The van der Waals surface area contributed by atoms with E-state index in [2.05, 4.69) is 9.97 Å². The third-order valence-electron chi connectivity index (χ3n) is 4.84. The number of H-pyrrole nitrogens is 1. The van der Waals surface area contributed by atoms with Crippen LogP contribution >= 0.6 is 0 Å². The van der Waals surface area contributed by atoms with Gasteiger partial charge in [-0.25, -0.2) is 9.78 Å². The molecule has 0 spiro atoms. The summed E-state index contributed by atoms with van der Waals surface area (Å²) >= 11 is 0. The number of benzene rings is 1. The Hall–Kier alpha value is -3.42. The summed E-state index contributed by atoms with van der Waals surface area (Å²) in [5.41, 5.74) is 0.549. The van der Waals surface area contributed by atoms with Crippen molar-refractivity contribution in [3.8, 4) is 5.75 Å². The van der Waals surface area contributed by atoms with Gasteiger partial charge in [-0.15, -0.1) is 0 Å². The fourth-order valence-corrected chi connectivity index (χ4v) is 3.26. The van der Waals surface area contributed by atoms with Crippen molar-refractivity contribution in [2.75, 3.05) is 14.2 Å². The van der Waals surface area contributed by atoms with E-state index in [0.717, 1.165) is 24.2 Å². The summed E-state index contributed by atoms with van der Waals surface area (Å²) in [5, 5.41) is 0.243. The normalized spacial score (nSPS) is 13.5. The maximum Gasteiger partial charge on any atom is 0.330 e. The van der Waals surface area contributed by atoms with Gasteiger partial charge in [0.1, 0.15) is 11.4 Å². The number of amides is 1. The highest BCUT2D eigenvalue weighted by Crippen LogP contribution is 2.34. The SMILES string of the molecule is COc1cccc(CN(C)C(=O)c2cnc3c(c2)c(=O)[nH]c(=O)n3C2CC2)c1. The molecule has 1 N–H and O–H groups in total. The number of rotatable bonds is 5. The van der Waals surface area contributed by atoms with E-state index in [1.54, 1.807) is 19.1 Å². The molecule has 2 aromatic heterocycles. The lowest BCUT2D eigenvalue weighted by atomic mass is 10.1. The fourth-order valence-electron chi connectivity index (χ4n) is 3.26. The number of pyridine rings is 1. The molecule has 1 aliphatic rings. The van der Waals surface area contributed by atoms with E-state index in [1.165, 1.54) is 16.8 Å². The lowest BCUT2D eigenvalue weighted by molar-refractivity contribution is 0.0784. The molecule has 3 aromatic rings. The van der Waals surface area contributed by atoms with Crippen molar-refractivity contribution in [2.24, 2.45) is 0 Å². The van der Waals surface area contributed by atoms with Crippen molar-refractivity contribution in [3.63, 3.8) is 0 Å². The van der Waals surface area contributed by atoms with E-state index in [1.807, 2.05) is 24.3 Å². The Morgan fingerprint density at radius 2 is 2.11 bits per heavy atom. The highest BCUT2D eigenvalue weighted by molar-refractivity contribution is 5.96. The smallest absolute Gasteiger partial charge is 0.330 e. The first-order valence-electron chi connectivity index (χ1n) is 9.01. The molecule has 8 heteroatoms. The van der Waals surface area contributed by atoms with Crippen molar-refractivity contribution < 1.29 is 9.53 Å². The molecule has 0 radical (unpaired) electrons. The van der Waals surface area contributed by atoms with Gasteiger partial charge in [0, 0.05) is 25.8 Å². The quantitative estimate of drug-likeness (QED) is 0.727. The highest BCUT2D eigenvalue weighted by atomic mass is 16.5. The van der Waals surface area contributed by atoms with Crippen LogP contribution in [0, 0.1) is 0 Å². The second kappa shape index (κ2) is 6.95. The van der Waals surface area contributed by atoms with Crippen molar-refractivity contribution in [2.45, 2.75) is 25.4 Å². The average molecular weight is 380 g/mol. The van der Waals surface area contributed by atoms with Crippen LogP contribution in [0.1, 0.15) is 34.8 Å². The van der Waals surface area contributed by atoms with Crippen LogP contribution in [-0.4, -0.2) is 39.5 Å². The minimum atomic E-state index is -0.533. The van der Waals surface area contributed by atoms with Gasteiger partial charge in [-0.2, -0.15) is 0 Å². The highest BCUT2D eigenvalue weighted by Gasteiger charge is 2.28. The second-order valence-electron chi connectivity index (χ2n) is 6.97. The number of nitrogens with one attached hydrogen (secondary N) is 1. The Labute approximate surface area is 160 Å². The standard InChI is InChI=1S/C20H20N4O4/c1-23(11-12-4-3-5-15(8-12)28-2)19(26)13-9-16-17(21-10-13)24(14-6-7-14)20(27)22-18(16)25/h3-5,8-10,14H,6-7,11H2,1-2H3,(H,22,25,27). The lowest BCUT2D eigenvalue weighted by Gasteiger charge is -2.18. The van der Waals surface area contributed by atoms with Gasteiger partial charge in [-0.05, 0) is 36.6 Å². The molecule has 0 atom stereocenters. The third kappa shape index (κ3) is 3.28. The average Bonchev–Trinajstić information content (AvgIpc) is 3.52. The Morgan fingerprint density at radius 3 is 2.82 bits per heavy atom. The van der Waals surface area contributed by atoms with E-state index >= 15 is 0 Å². The predicted octanol–water partition coefficient (Wildman–Crippen LogP) is 1.70. The summed E-state index contributed by atoms with van der Waals surface area (Å²) < 4.78 is 6.71. The molecule has 1 amide bonds. The molecule has 2 heterocycles. The molecular weight excluding hydrogens is 360 g/mol. The van der Waals surface area contributed by atoms with Crippen LogP contribution in [-0.2, 0) is 6.54 Å². The number of fused-ring (bicyclic) bond motifs is 1. The largest absolute Gasteiger partial charge is 0.497 e. The summed E-state index contributed by atoms with van der Waals surface area (Å²) in [5.74, 6) is 0.455. The molecule has 4 rings (SSSR count). The number of carbonyl (C=O) groups excluding carboxylic acids is 1. The summed E-state index contributed by atoms with van der Waals surface area (Å²) in [4.78, 5) is 45.3. The molecule has 0 bridgehead atoms. The first-order chi connectivity index (χ1) is 13.5. The number of aromatic amines is 1. The Morgan fingerprint density at radius 1 is 1.32 bits per heavy atom. The van der Waals surface area contributed by atoms with Crippen LogP contribution in [0.15, 0.2) is 46.1 Å². The van der Waals surface area contributed by atoms with Gasteiger partial charge in [0.2, 0.25) is 0 Å². The van der Waals surface area contributed by atoms with E-state index in [0.29, 0.717) is 17.8 Å². The van der Waals surface area contributed by atoms with Gasteiger partial charge in [0.05, 0.1) is 18.1 Å². The molecule has 1 aliphatic carbocycles. The molecule has 1 saturated carbocycles. The van der Waals surface area contributed by atoms with Gasteiger partial charge in [0.15, 0.2) is 0 Å². The molecule has 0 aliphatic heterocycles. The van der Waals surface area contributed by atoms with E-state index in [4.69, 9.17) is 4.74 Å². The fraction of sp³-hybridized carbons (Fsp3) is 0.300. The Bertz CT molecular complexity index is 1180. The minimum Gasteiger partial charge on any atom is -0.497 e. The maximum absolute atomic E-state index is 12.8. The zero-order valence-corrected chi connectivity index (χ0v) is 15.6. The predicted molar refractivity (Wildman–Crippen MR) is 104 cm³/mol. The monoisotopic (exact) mass is 380 g/mol. The van der Waals surface area contributed by atoms with Crippen LogP contribution < -0.4 is 16.0 Å². The summed E-state index contributed by atoms with van der Waals surface area (Å²) in [6.07, 6.45) is 3.18. The maximum atomic E-state index is 12.8. The molecule has 1 fully saturated rings. The molecule has 1 aromatic carbocycles. The summed E-state index contributed by atoms with van der Waals surface area (Å²) in [6.45, 7) is 0.381. The van der Waals surface area contributed by atoms with Crippen molar-refractivity contribution in [1.29, 1.82) is 0 Å². The van der Waals surface area contributed by atoms with E-state index < -0.39 is 11.2 Å². The van der Waals surface area contributed by atoms with Crippen LogP contribution in [0.4, 0.5) is 0 Å². The van der Waals surface area contributed by atoms with Gasteiger partial charge in [-0.1, -0.05) is 12.1 Å². The molecule has 8 nitrogen and oxygen atoms in total. The molecular formula is C20H20N4O4. The van der Waals surface area contributed by atoms with Gasteiger partial charge in [-0.3, -0.25) is 19.1 Å². The molecule has 28 heavy (non-hydrogen) atoms. The van der Waals surface area contributed by atoms with Crippen LogP contribution in [0.5, 0.6) is 5.75 Å². The third-order valence-corrected chi connectivity index (χ3v) is 4.84. The van der Waals surface area contributed by atoms with E-state index in [-0.39, 0.29) is 17.3 Å². The summed E-state index contributed by atoms with van der Waals surface area (Å²) in [7, 11) is 3.27. The van der Waals surface area contributed by atoms with Crippen LogP contribution in [0.3, 0.4) is 0 Å². The second-order valence-corrected chi connectivity index (χ2v) is 6.97. The van der Waals surface area contributed by atoms with Gasteiger partial charge < -0.3 is 9.64 Å². The number of hydrogen-bond donors (Lipinski definition) is 1. The van der Waals surface area contributed by atoms with Crippen molar-refractivity contribution >= 4 is 16.9 Å². The zero-order chi connectivity index (χ0) is 19.8. The van der Waals surface area contributed by atoms with Crippen LogP contribution in [0.25, 0.3) is 11.0 Å². The number of hydrogen-bond acceptors (Lipinski definition) is 5. The molecule has 144 valence electrons. The minimum absolute atomic E-state index is 0.0663. The van der Waals surface area contributed by atoms with Gasteiger partial charge in [0.25, 0.3) is 11.5 Å². The van der Waals surface area contributed by atoms with Crippen LogP contribution in [0.2, 0.25) is 0 Å². The number of nitrogens with zero attached hydrogens (tertiary/aromatic N) is 3. The molecule has 0 unspecified atom stereocenters. The number of aromatic nitrogens is 3. The van der Waals surface area contributed by atoms with Crippen molar-refractivity contribution in [1.82, 2.24) is 19.4 Å². The van der Waals surface area contributed by atoms with E-state index in [9.17, 15) is 14.4 Å². The first kappa shape index (κ1) is 18.0. The molecule has 0 saturated heterocycles. The topological polar surface area (TPSA) is 97.3 Å². The van der Waals surface area contributed by atoms with Gasteiger partial charge >= 0.3 is 5.69 Å². The number of methoxy groups -OCH3 is 1. The summed E-state index contributed by atoms with van der Waals surface area (Å²) in [6, 6.07) is 9.04.